The number of likely N-dealkylation sites (N-methyl/N-ethyl adjacent to an activating group) is 1. The van der Waals surface area contributed by atoms with E-state index >= 15 is 0 Å². The molecule has 0 spiro atoms. The van der Waals surface area contributed by atoms with Gasteiger partial charge in [-0.3, -0.25) is 14.4 Å². The lowest BCUT2D eigenvalue weighted by Gasteiger charge is -2.17. The third-order valence-corrected chi connectivity index (χ3v) is 2.05. The number of carboxylic acid groups (broad SMARTS) is 1. The molecule has 0 rings (SSSR count). The zero-order valence-electron chi connectivity index (χ0n) is 9.74. The van der Waals surface area contributed by atoms with Crippen LogP contribution in [0.15, 0.2) is 0 Å². The van der Waals surface area contributed by atoms with Crippen molar-refractivity contribution < 1.29 is 19.5 Å². The molecule has 0 aliphatic rings. The van der Waals surface area contributed by atoms with Gasteiger partial charge in [-0.15, -0.1) is 0 Å². The molecule has 0 saturated heterocycles. The van der Waals surface area contributed by atoms with Crippen LogP contribution < -0.4 is 10.6 Å². The van der Waals surface area contributed by atoms with E-state index in [0.29, 0.717) is 0 Å². The van der Waals surface area contributed by atoms with Crippen LogP contribution in [0.3, 0.4) is 0 Å². The van der Waals surface area contributed by atoms with Gasteiger partial charge in [0.2, 0.25) is 11.8 Å². The molecule has 0 bridgehead atoms. The van der Waals surface area contributed by atoms with Crippen LogP contribution in [-0.4, -0.2) is 36.0 Å². The van der Waals surface area contributed by atoms with Crippen LogP contribution in [0.25, 0.3) is 0 Å². The van der Waals surface area contributed by atoms with Crippen LogP contribution in [0.1, 0.15) is 26.7 Å². The minimum Gasteiger partial charge on any atom is -0.481 e. The van der Waals surface area contributed by atoms with Gasteiger partial charge in [-0.2, -0.15) is 0 Å². The fraction of sp³-hybridized carbons (Fsp3) is 0.700. The van der Waals surface area contributed by atoms with Crippen molar-refractivity contribution in [3.63, 3.8) is 0 Å². The predicted molar refractivity (Wildman–Crippen MR) is 57.7 cm³/mol. The Morgan fingerprint density at radius 3 is 2.12 bits per heavy atom. The van der Waals surface area contributed by atoms with Gasteiger partial charge in [0, 0.05) is 19.4 Å². The van der Waals surface area contributed by atoms with Gasteiger partial charge in [-0.05, 0) is 6.42 Å². The van der Waals surface area contributed by atoms with Crippen molar-refractivity contribution in [2.75, 3.05) is 7.05 Å². The van der Waals surface area contributed by atoms with Crippen molar-refractivity contribution in [3.8, 4) is 0 Å². The third-order valence-electron chi connectivity index (χ3n) is 2.05. The molecule has 92 valence electrons. The molecule has 1 atom stereocenters. The van der Waals surface area contributed by atoms with Crippen molar-refractivity contribution >= 4 is 17.8 Å². The Balaban J connectivity index is 4.37. The number of amides is 2. The minimum atomic E-state index is -0.993. The van der Waals surface area contributed by atoms with Gasteiger partial charge >= 0.3 is 5.97 Å². The molecule has 0 fully saturated rings. The normalized spacial score (nSPS) is 12.0. The summed E-state index contributed by atoms with van der Waals surface area (Å²) in [6.07, 6.45) is -0.0655. The van der Waals surface area contributed by atoms with Gasteiger partial charge in [0.25, 0.3) is 0 Å². The van der Waals surface area contributed by atoms with Gasteiger partial charge < -0.3 is 15.7 Å². The molecule has 6 heteroatoms. The molecule has 16 heavy (non-hydrogen) atoms. The summed E-state index contributed by atoms with van der Waals surface area (Å²) in [4.78, 5) is 33.1. The van der Waals surface area contributed by atoms with Crippen molar-refractivity contribution in [2.24, 2.45) is 5.92 Å². The maximum atomic E-state index is 11.4. The summed E-state index contributed by atoms with van der Waals surface area (Å²) < 4.78 is 0. The zero-order chi connectivity index (χ0) is 12.7. The number of nitrogens with one attached hydrogen (secondary N) is 2. The van der Waals surface area contributed by atoms with Crippen LogP contribution >= 0.6 is 0 Å². The summed E-state index contributed by atoms with van der Waals surface area (Å²) in [6, 6.07) is -0.781. The third kappa shape index (κ3) is 5.33. The first kappa shape index (κ1) is 14.4. The second kappa shape index (κ2) is 6.81. The fourth-order valence-corrected chi connectivity index (χ4v) is 1.05. The van der Waals surface area contributed by atoms with Crippen LogP contribution in [0.4, 0.5) is 0 Å². The van der Waals surface area contributed by atoms with Crippen molar-refractivity contribution in [1.29, 1.82) is 0 Å². The summed E-state index contributed by atoms with van der Waals surface area (Å²) in [5, 5.41) is 13.4. The molecule has 6 nitrogen and oxygen atoms in total. The molecule has 0 aliphatic carbocycles. The van der Waals surface area contributed by atoms with E-state index in [4.69, 9.17) is 5.11 Å². The first-order valence-corrected chi connectivity index (χ1v) is 5.12. The molecule has 0 aliphatic heterocycles. The average Bonchev–Trinajstić information content (AvgIpc) is 2.22. The number of aliphatic carboxylic acids is 1. The first-order chi connectivity index (χ1) is 7.38. The van der Waals surface area contributed by atoms with E-state index in [-0.39, 0.29) is 30.6 Å². The number of carboxylic acids is 1. The maximum Gasteiger partial charge on any atom is 0.303 e. The number of carbonyl (C=O) groups is 3. The highest BCUT2D eigenvalue weighted by molar-refractivity contribution is 5.88. The lowest BCUT2D eigenvalue weighted by atomic mass is 10.1. The molecule has 2 amide bonds. The Kier molecular flexibility index (Phi) is 6.14. The Morgan fingerprint density at radius 1 is 1.19 bits per heavy atom. The SMILES string of the molecule is CNC(=O)C(CCC(=O)O)NC(=O)C(C)C. The second-order valence-corrected chi connectivity index (χ2v) is 3.76. The standard InChI is InChI=1S/C10H18N2O4/c1-6(2)9(15)12-7(10(16)11-3)4-5-8(13)14/h6-7H,4-5H2,1-3H3,(H,11,16)(H,12,15)(H,13,14). The average molecular weight is 230 g/mol. The van der Waals surface area contributed by atoms with Gasteiger partial charge in [-0.1, -0.05) is 13.8 Å². The molecule has 3 N–H and O–H groups in total. The maximum absolute atomic E-state index is 11.4. The highest BCUT2D eigenvalue weighted by Gasteiger charge is 2.21. The van der Waals surface area contributed by atoms with E-state index in [9.17, 15) is 14.4 Å². The summed E-state index contributed by atoms with van der Waals surface area (Å²) >= 11 is 0. The molecule has 0 radical (unpaired) electrons. The molecule has 0 aromatic rings. The Hall–Kier alpha value is -1.59. The smallest absolute Gasteiger partial charge is 0.303 e. The molecule has 0 aromatic heterocycles. The van der Waals surface area contributed by atoms with Crippen LogP contribution in [0.2, 0.25) is 0 Å². The van der Waals surface area contributed by atoms with Gasteiger partial charge in [-0.25, -0.2) is 0 Å². The largest absolute Gasteiger partial charge is 0.481 e. The van der Waals surface area contributed by atoms with E-state index in [0.717, 1.165) is 0 Å². The van der Waals surface area contributed by atoms with Crippen molar-refractivity contribution in [2.45, 2.75) is 32.7 Å². The summed E-state index contributed by atoms with van der Waals surface area (Å²) in [5.41, 5.74) is 0. The van der Waals surface area contributed by atoms with Crippen molar-refractivity contribution in [3.05, 3.63) is 0 Å². The van der Waals surface area contributed by atoms with E-state index in [1.54, 1.807) is 13.8 Å². The molecule has 0 saturated carbocycles. The minimum absolute atomic E-state index is 0.0907. The highest BCUT2D eigenvalue weighted by atomic mass is 16.4. The predicted octanol–water partition coefficient (Wildman–Crippen LogP) is -0.262. The van der Waals surface area contributed by atoms with E-state index in [1.807, 2.05) is 0 Å². The number of hydrogen-bond donors (Lipinski definition) is 3. The summed E-state index contributed by atoms with van der Waals surface area (Å²) in [5.74, 6) is -1.88. The lowest BCUT2D eigenvalue weighted by Crippen LogP contribution is -2.47. The van der Waals surface area contributed by atoms with Crippen LogP contribution in [0, 0.1) is 5.92 Å². The Morgan fingerprint density at radius 2 is 1.75 bits per heavy atom. The Labute approximate surface area is 94.4 Å². The zero-order valence-corrected chi connectivity index (χ0v) is 9.74. The van der Waals surface area contributed by atoms with Gasteiger partial charge in [0.1, 0.15) is 6.04 Å². The van der Waals surface area contributed by atoms with E-state index in [1.165, 1.54) is 7.05 Å². The Bertz CT molecular complexity index is 276. The van der Waals surface area contributed by atoms with Gasteiger partial charge in [0.15, 0.2) is 0 Å². The van der Waals surface area contributed by atoms with Crippen LogP contribution in [0.5, 0.6) is 0 Å². The number of carbonyl (C=O) groups excluding carboxylic acids is 2. The monoisotopic (exact) mass is 230 g/mol. The van der Waals surface area contributed by atoms with E-state index < -0.39 is 12.0 Å². The summed E-state index contributed by atoms with van der Waals surface area (Å²) in [7, 11) is 1.44. The quantitative estimate of drug-likeness (QED) is 0.585. The summed E-state index contributed by atoms with van der Waals surface area (Å²) in [6.45, 7) is 3.40. The van der Waals surface area contributed by atoms with E-state index in [2.05, 4.69) is 10.6 Å². The fourth-order valence-electron chi connectivity index (χ4n) is 1.05. The highest BCUT2D eigenvalue weighted by Crippen LogP contribution is 2.00. The number of hydrogen-bond acceptors (Lipinski definition) is 3. The topological polar surface area (TPSA) is 95.5 Å². The lowest BCUT2D eigenvalue weighted by molar-refractivity contribution is -0.138. The molecule has 0 heterocycles. The second-order valence-electron chi connectivity index (χ2n) is 3.76. The van der Waals surface area contributed by atoms with Crippen LogP contribution in [-0.2, 0) is 14.4 Å². The molecule has 0 aromatic carbocycles. The molecular formula is C10H18N2O4. The molecule has 1 unspecified atom stereocenters. The molecular weight excluding hydrogens is 212 g/mol. The van der Waals surface area contributed by atoms with Crippen molar-refractivity contribution in [1.82, 2.24) is 10.6 Å². The number of rotatable bonds is 6. The first-order valence-electron chi connectivity index (χ1n) is 5.12. The van der Waals surface area contributed by atoms with Gasteiger partial charge in [0.05, 0.1) is 0 Å².